The SMILES string of the molecule is COc1cccc(CCN(Cc2ccc(SC)cc2)C(=O)C2CCOC2)c1. The molecular formula is C22H27NO3S. The summed E-state index contributed by atoms with van der Waals surface area (Å²) in [5.74, 6) is 1.03. The van der Waals surface area contributed by atoms with Crippen molar-refractivity contribution >= 4 is 17.7 Å². The second kappa shape index (κ2) is 9.81. The molecule has 5 heteroatoms. The van der Waals surface area contributed by atoms with Crippen LogP contribution in [0.2, 0.25) is 0 Å². The van der Waals surface area contributed by atoms with Crippen LogP contribution in [0.1, 0.15) is 17.5 Å². The van der Waals surface area contributed by atoms with E-state index >= 15 is 0 Å². The number of benzene rings is 2. The summed E-state index contributed by atoms with van der Waals surface area (Å²) in [4.78, 5) is 16.2. The number of methoxy groups -OCH3 is 1. The molecule has 1 atom stereocenters. The fourth-order valence-corrected chi connectivity index (χ4v) is 3.71. The van der Waals surface area contributed by atoms with Gasteiger partial charge in [0.1, 0.15) is 5.75 Å². The quantitative estimate of drug-likeness (QED) is 0.643. The Labute approximate surface area is 165 Å². The summed E-state index contributed by atoms with van der Waals surface area (Å²) in [6, 6.07) is 16.5. The molecule has 1 unspecified atom stereocenters. The highest BCUT2D eigenvalue weighted by molar-refractivity contribution is 7.98. The number of nitrogens with zero attached hydrogens (tertiary/aromatic N) is 1. The van der Waals surface area contributed by atoms with Crippen molar-refractivity contribution in [3.05, 3.63) is 59.7 Å². The highest BCUT2D eigenvalue weighted by atomic mass is 32.2. The molecule has 0 aromatic heterocycles. The minimum Gasteiger partial charge on any atom is -0.497 e. The van der Waals surface area contributed by atoms with Crippen LogP contribution in [0.5, 0.6) is 5.75 Å². The summed E-state index contributed by atoms with van der Waals surface area (Å²) in [5, 5.41) is 0. The molecule has 0 aliphatic carbocycles. The van der Waals surface area contributed by atoms with E-state index < -0.39 is 0 Å². The maximum atomic E-state index is 13.0. The molecule has 0 spiro atoms. The minimum absolute atomic E-state index is 0.0132. The van der Waals surface area contributed by atoms with Crippen LogP contribution in [0.4, 0.5) is 0 Å². The second-order valence-corrected chi connectivity index (χ2v) is 7.65. The molecule has 1 heterocycles. The lowest BCUT2D eigenvalue weighted by molar-refractivity contribution is -0.136. The third-order valence-electron chi connectivity index (χ3n) is 4.93. The van der Waals surface area contributed by atoms with Gasteiger partial charge in [0, 0.05) is 24.6 Å². The summed E-state index contributed by atoms with van der Waals surface area (Å²) in [6.45, 7) is 2.54. The van der Waals surface area contributed by atoms with Gasteiger partial charge in [-0.2, -0.15) is 0 Å². The molecule has 1 saturated heterocycles. The summed E-state index contributed by atoms with van der Waals surface area (Å²) < 4.78 is 10.7. The van der Waals surface area contributed by atoms with Gasteiger partial charge in [-0.15, -0.1) is 11.8 Å². The molecule has 0 saturated carbocycles. The van der Waals surface area contributed by atoms with Gasteiger partial charge in [0.25, 0.3) is 0 Å². The zero-order valence-electron chi connectivity index (χ0n) is 16.0. The molecule has 1 amide bonds. The number of carbonyl (C=O) groups excluding carboxylic acids is 1. The zero-order valence-corrected chi connectivity index (χ0v) is 16.8. The van der Waals surface area contributed by atoms with Gasteiger partial charge in [-0.1, -0.05) is 24.3 Å². The number of thioether (sulfide) groups is 1. The summed E-state index contributed by atoms with van der Waals surface area (Å²) in [6.07, 6.45) is 3.69. The molecule has 144 valence electrons. The van der Waals surface area contributed by atoms with Gasteiger partial charge in [0.15, 0.2) is 0 Å². The van der Waals surface area contributed by atoms with Crippen molar-refractivity contribution in [2.75, 3.05) is 33.1 Å². The number of ether oxygens (including phenoxy) is 2. The Hall–Kier alpha value is -1.98. The molecule has 3 rings (SSSR count). The van der Waals surface area contributed by atoms with E-state index in [-0.39, 0.29) is 11.8 Å². The highest BCUT2D eigenvalue weighted by Crippen LogP contribution is 2.20. The van der Waals surface area contributed by atoms with Crippen LogP contribution in [-0.4, -0.2) is 43.9 Å². The predicted octanol–water partition coefficient (Wildman–Crippen LogP) is 4.02. The Balaban J connectivity index is 1.70. The number of amides is 1. The molecule has 2 aromatic carbocycles. The smallest absolute Gasteiger partial charge is 0.228 e. The summed E-state index contributed by atoms with van der Waals surface area (Å²) >= 11 is 1.73. The molecular weight excluding hydrogens is 358 g/mol. The first kappa shape index (κ1) is 19.8. The molecule has 2 aromatic rings. The van der Waals surface area contributed by atoms with Crippen LogP contribution in [-0.2, 0) is 22.5 Å². The first-order valence-corrected chi connectivity index (χ1v) is 10.5. The predicted molar refractivity (Wildman–Crippen MR) is 109 cm³/mol. The Morgan fingerprint density at radius 3 is 2.70 bits per heavy atom. The topological polar surface area (TPSA) is 38.8 Å². The number of hydrogen-bond donors (Lipinski definition) is 0. The molecule has 1 aliphatic heterocycles. The third-order valence-corrected chi connectivity index (χ3v) is 5.67. The fourth-order valence-electron chi connectivity index (χ4n) is 3.30. The normalized spacial score (nSPS) is 16.3. The van der Waals surface area contributed by atoms with E-state index in [0.29, 0.717) is 26.3 Å². The Kier molecular flexibility index (Phi) is 7.18. The Bertz CT molecular complexity index is 741. The van der Waals surface area contributed by atoms with E-state index in [1.165, 1.54) is 10.5 Å². The fraction of sp³-hybridized carbons (Fsp3) is 0.409. The first-order valence-electron chi connectivity index (χ1n) is 9.32. The number of rotatable bonds is 8. The van der Waals surface area contributed by atoms with Gasteiger partial charge in [0.2, 0.25) is 5.91 Å². The number of hydrogen-bond acceptors (Lipinski definition) is 4. The molecule has 0 radical (unpaired) electrons. The zero-order chi connectivity index (χ0) is 19.1. The Morgan fingerprint density at radius 2 is 2.04 bits per heavy atom. The van der Waals surface area contributed by atoms with Crippen molar-refractivity contribution < 1.29 is 14.3 Å². The number of carbonyl (C=O) groups is 1. The molecule has 0 bridgehead atoms. The third kappa shape index (κ3) is 5.50. The van der Waals surface area contributed by atoms with E-state index in [9.17, 15) is 4.79 Å². The highest BCUT2D eigenvalue weighted by Gasteiger charge is 2.28. The maximum Gasteiger partial charge on any atom is 0.228 e. The van der Waals surface area contributed by atoms with E-state index in [2.05, 4.69) is 36.6 Å². The largest absolute Gasteiger partial charge is 0.497 e. The standard InChI is InChI=1S/C22H27NO3S/c1-25-20-5-3-4-17(14-20)10-12-23(22(24)19-11-13-26-16-19)15-18-6-8-21(27-2)9-7-18/h3-9,14,19H,10-13,15-16H2,1-2H3. The molecule has 27 heavy (non-hydrogen) atoms. The van der Waals surface area contributed by atoms with Crippen LogP contribution in [0.25, 0.3) is 0 Å². The summed E-state index contributed by atoms with van der Waals surface area (Å²) in [5.41, 5.74) is 2.33. The van der Waals surface area contributed by atoms with Gasteiger partial charge in [-0.3, -0.25) is 4.79 Å². The van der Waals surface area contributed by atoms with Crippen LogP contribution < -0.4 is 4.74 Å². The van der Waals surface area contributed by atoms with Crippen molar-refractivity contribution in [3.8, 4) is 5.75 Å². The van der Waals surface area contributed by atoms with Crippen LogP contribution in [0, 0.1) is 5.92 Å². The van der Waals surface area contributed by atoms with Crippen molar-refractivity contribution in [1.29, 1.82) is 0 Å². The van der Waals surface area contributed by atoms with E-state index in [1.807, 2.05) is 23.1 Å². The van der Waals surface area contributed by atoms with Crippen molar-refractivity contribution in [1.82, 2.24) is 4.90 Å². The van der Waals surface area contributed by atoms with Gasteiger partial charge in [-0.25, -0.2) is 0 Å². The molecule has 1 aliphatic rings. The van der Waals surface area contributed by atoms with E-state index in [1.54, 1.807) is 18.9 Å². The molecule has 0 N–H and O–H groups in total. The van der Waals surface area contributed by atoms with Gasteiger partial charge < -0.3 is 14.4 Å². The van der Waals surface area contributed by atoms with E-state index in [4.69, 9.17) is 9.47 Å². The average molecular weight is 386 g/mol. The van der Waals surface area contributed by atoms with Crippen LogP contribution in [0.15, 0.2) is 53.4 Å². The second-order valence-electron chi connectivity index (χ2n) is 6.77. The van der Waals surface area contributed by atoms with Crippen molar-refractivity contribution in [2.45, 2.75) is 24.3 Å². The molecule has 1 fully saturated rings. The average Bonchev–Trinajstić information content (AvgIpc) is 3.26. The van der Waals surface area contributed by atoms with Gasteiger partial charge in [0.05, 0.1) is 19.6 Å². The maximum absolute atomic E-state index is 13.0. The van der Waals surface area contributed by atoms with E-state index in [0.717, 1.165) is 24.2 Å². The monoisotopic (exact) mass is 385 g/mol. The lowest BCUT2D eigenvalue weighted by Gasteiger charge is -2.25. The van der Waals surface area contributed by atoms with Crippen molar-refractivity contribution in [2.24, 2.45) is 5.92 Å². The summed E-state index contributed by atoms with van der Waals surface area (Å²) in [7, 11) is 1.67. The van der Waals surface area contributed by atoms with Crippen LogP contribution >= 0.6 is 11.8 Å². The first-order chi connectivity index (χ1) is 13.2. The van der Waals surface area contributed by atoms with Crippen LogP contribution in [0.3, 0.4) is 0 Å². The Morgan fingerprint density at radius 1 is 1.22 bits per heavy atom. The molecule has 4 nitrogen and oxygen atoms in total. The lowest BCUT2D eigenvalue weighted by Crippen LogP contribution is -2.37. The minimum atomic E-state index is -0.0132. The lowest BCUT2D eigenvalue weighted by atomic mass is 10.1. The van der Waals surface area contributed by atoms with Gasteiger partial charge in [-0.05, 0) is 54.5 Å². The van der Waals surface area contributed by atoms with Crippen molar-refractivity contribution in [3.63, 3.8) is 0 Å². The van der Waals surface area contributed by atoms with Gasteiger partial charge >= 0.3 is 0 Å².